The lowest BCUT2D eigenvalue weighted by molar-refractivity contribution is 0.0696. The van der Waals surface area contributed by atoms with Crippen molar-refractivity contribution >= 4 is 11.8 Å². The Morgan fingerprint density at radius 3 is 2.73 bits per heavy atom. The number of rotatable bonds is 3. The number of aromatic carboxylic acids is 1. The summed E-state index contributed by atoms with van der Waals surface area (Å²) in [5, 5.41) is 18.8. The Morgan fingerprint density at radius 1 is 1.27 bits per heavy atom. The van der Waals surface area contributed by atoms with Crippen LogP contribution in [0.15, 0.2) is 36.8 Å². The Morgan fingerprint density at radius 2 is 2.05 bits per heavy atom. The third-order valence-corrected chi connectivity index (χ3v) is 4.06. The Bertz CT molecular complexity index is 682. The zero-order valence-electron chi connectivity index (χ0n) is 12.0. The van der Waals surface area contributed by atoms with Gasteiger partial charge in [0.1, 0.15) is 23.5 Å². The molecule has 0 saturated carbocycles. The topological polar surface area (TPSA) is 86.5 Å². The van der Waals surface area contributed by atoms with Crippen molar-refractivity contribution in [3.8, 4) is 5.75 Å². The number of hydrogen-bond acceptors (Lipinski definition) is 5. The van der Waals surface area contributed by atoms with Gasteiger partial charge in [0.25, 0.3) is 0 Å². The van der Waals surface area contributed by atoms with Crippen LogP contribution in [-0.2, 0) is 0 Å². The minimum atomic E-state index is -1.01. The maximum absolute atomic E-state index is 11.3. The summed E-state index contributed by atoms with van der Waals surface area (Å²) < 4.78 is 0. The number of aromatic nitrogens is 2. The Hall–Kier alpha value is -2.63. The van der Waals surface area contributed by atoms with Crippen LogP contribution < -0.4 is 4.90 Å². The minimum absolute atomic E-state index is 0.137. The molecule has 0 amide bonds. The molecule has 2 aromatic rings. The number of hydrogen-bond donors (Lipinski definition) is 2. The average molecular weight is 299 g/mol. The van der Waals surface area contributed by atoms with Crippen LogP contribution in [0.2, 0.25) is 0 Å². The van der Waals surface area contributed by atoms with Crippen LogP contribution in [0.1, 0.15) is 34.7 Å². The highest BCUT2D eigenvalue weighted by Gasteiger charge is 2.24. The normalized spacial score (nSPS) is 15.7. The molecule has 0 radical (unpaired) electrons. The number of benzene rings is 1. The molecule has 1 aliphatic heterocycles. The van der Waals surface area contributed by atoms with Gasteiger partial charge in [-0.3, -0.25) is 0 Å². The summed E-state index contributed by atoms with van der Waals surface area (Å²) in [5.41, 5.74) is 1.26. The summed E-state index contributed by atoms with van der Waals surface area (Å²) in [4.78, 5) is 21.2. The lowest BCUT2D eigenvalue weighted by Crippen LogP contribution is -2.34. The number of phenols is 1. The molecule has 1 aliphatic rings. The number of piperidine rings is 1. The van der Waals surface area contributed by atoms with Crippen LogP contribution in [0.25, 0.3) is 0 Å². The van der Waals surface area contributed by atoms with Crippen molar-refractivity contribution in [2.75, 3.05) is 18.0 Å². The predicted molar refractivity (Wildman–Crippen MR) is 81.3 cm³/mol. The van der Waals surface area contributed by atoms with Crippen LogP contribution in [0, 0.1) is 0 Å². The van der Waals surface area contributed by atoms with Gasteiger partial charge in [0.15, 0.2) is 0 Å². The Kier molecular flexibility index (Phi) is 3.91. The van der Waals surface area contributed by atoms with E-state index in [4.69, 9.17) is 0 Å². The van der Waals surface area contributed by atoms with Gasteiger partial charge in [-0.05, 0) is 36.5 Å². The van der Waals surface area contributed by atoms with Crippen LogP contribution in [0.4, 0.5) is 5.82 Å². The zero-order valence-corrected chi connectivity index (χ0v) is 12.0. The fourth-order valence-electron chi connectivity index (χ4n) is 2.93. The molecule has 0 unspecified atom stereocenters. The van der Waals surface area contributed by atoms with Crippen LogP contribution in [0.3, 0.4) is 0 Å². The largest absolute Gasteiger partial charge is 0.508 e. The molecule has 6 nitrogen and oxygen atoms in total. The van der Waals surface area contributed by atoms with E-state index in [0.29, 0.717) is 11.7 Å². The first kappa shape index (κ1) is 14.3. The van der Waals surface area contributed by atoms with E-state index in [1.54, 1.807) is 12.1 Å². The third kappa shape index (κ3) is 2.86. The molecular weight excluding hydrogens is 282 g/mol. The second kappa shape index (κ2) is 6.01. The molecule has 1 aromatic carbocycles. The highest BCUT2D eigenvalue weighted by atomic mass is 16.4. The smallest absolute Gasteiger partial charge is 0.341 e. The maximum Gasteiger partial charge on any atom is 0.341 e. The van der Waals surface area contributed by atoms with Crippen LogP contribution in [-0.4, -0.2) is 39.2 Å². The molecule has 1 fully saturated rings. The quantitative estimate of drug-likeness (QED) is 0.904. The number of carbonyl (C=O) groups is 1. The molecule has 2 heterocycles. The first-order valence-electron chi connectivity index (χ1n) is 7.22. The van der Waals surface area contributed by atoms with Crippen molar-refractivity contribution in [3.63, 3.8) is 0 Å². The number of aromatic hydroxyl groups is 1. The van der Waals surface area contributed by atoms with E-state index in [2.05, 4.69) is 9.97 Å². The van der Waals surface area contributed by atoms with Crippen LogP contribution >= 0.6 is 0 Å². The molecule has 0 spiro atoms. The highest BCUT2D eigenvalue weighted by molar-refractivity contribution is 5.92. The number of nitrogens with zero attached hydrogens (tertiary/aromatic N) is 3. The fraction of sp³-hybridized carbons (Fsp3) is 0.312. The van der Waals surface area contributed by atoms with Crippen molar-refractivity contribution < 1.29 is 15.0 Å². The van der Waals surface area contributed by atoms with Gasteiger partial charge in [-0.2, -0.15) is 0 Å². The summed E-state index contributed by atoms with van der Waals surface area (Å²) >= 11 is 0. The van der Waals surface area contributed by atoms with Gasteiger partial charge in [-0.15, -0.1) is 0 Å². The number of phenolic OH excluding ortho intramolecular Hbond substituents is 1. The van der Waals surface area contributed by atoms with E-state index >= 15 is 0 Å². The van der Waals surface area contributed by atoms with Crippen molar-refractivity contribution in [2.45, 2.75) is 18.8 Å². The molecule has 2 N–H and O–H groups in total. The second-order valence-electron chi connectivity index (χ2n) is 5.42. The van der Waals surface area contributed by atoms with E-state index in [0.717, 1.165) is 31.5 Å². The SMILES string of the molecule is O=C(O)c1cncnc1N1CCC(c2cccc(O)c2)CC1. The number of anilines is 1. The van der Waals surface area contributed by atoms with Gasteiger partial charge >= 0.3 is 5.97 Å². The molecule has 3 rings (SSSR count). The van der Waals surface area contributed by atoms with Gasteiger partial charge in [0, 0.05) is 19.3 Å². The van der Waals surface area contributed by atoms with Crippen molar-refractivity contribution in [1.29, 1.82) is 0 Å². The summed E-state index contributed by atoms with van der Waals surface area (Å²) in [5.74, 6) is 0.130. The van der Waals surface area contributed by atoms with E-state index in [1.807, 2.05) is 17.0 Å². The van der Waals surface area contributed by atoms with E-state index in [-0.39, 0.29) is 11.3 Å². The van der Waals surface area contributed by atoms with Gasteiger partial charge in [-0.25, -0.2) is 14.8 Å². The zero-order chi connectivity index (χ0) is 15.5. The standard InChI is InChI=1S/C16H17N3O3/c20-13-3-1-2-12(8-13)11-4-6-19(7-5-11)15-14(16(21)22)9-17-10-18-15/h1-3,8-11,20H,4-7H2,(H,21,22). The van der Waals surface area contributed by atoms with Gasteiger partial charge < -0.3 is 15.1 Å². The second-order valence-corrected chi connectivity index (χ2v) is 5.42. The molecule has 0 bridgehead atoms. The van der Waals surface area contributed by atoms with E-state index < -0.39 is 5.97 Å². The molecule has 0 atom stereocenters. The van der Waals surface area contributed by atoms with Gasteiger partial charge in [-0.1, -0.05) is 12.1 Å². The molecule has 22 heavy (non-hydrogen) atoms. The molecule has 1 saturated heterocycles. The van der Waals surface area contributed by atoms with Crippen LogP contribution in [0.5, 0.6) is 5.75 Å². The molecule has 114 valence electrons. The fourth-order valence-corrected chi connectivity index (χ4v) is 2.93. The maximum atomic E-state index is 11.3. The molecule has 0 aliphatic carbocycles. The van der Waals surface area contributed by atoms with Crippen molar-refractivity contribution in [2.24, 2.45) is 0 Å². The van der Waals surface area contributed by atoms with Crippen molar-refractivity contribution in [1.82, 2.24) is 9.97 Å². The summed E-state index contributed by atoms with van der Waals surface area (Å²) in [6, 6.07) is 7.34. The lowest BCUT2D eigenvalue weighted by atomic mass is 9.89. The Labute approximate surface area is 128 Å². The predicted octanol–water partition coefficient (Wildman–Crippen LogP) is 2.26. The first-order valence-corrected chi connectivity index (χ1v) is 7.22. The molecular formula is C16H17N3O3. The third-order valence-electron chi connectivity index (χ3n) is 4.06. The molecule has 1 aromatic heterocycles. The number of carboxylic acid groups (broad SMARTS) is 1. The summed E-state index contributed by atoms with van der Waals surface area (Å²) in [7, 11) is 0. The first-order chi connectivity index (χ1) is 10.6. The van der Waals surface area contributed by atoms with E-state index in [9.17, 15) is 15.0 Å². The number of carboxylic acids is 1. The lowest BCUT2D eigenvalue weighted by Gasteiger charge is -2.33. The summed E-state index contributed by atoms with van der Waals surface area (Å²) in [6.45, 7) is 1.47. The summed E-state index contributed by atoms with van der Waals surface area (Å²) in [6.07, 6.45) is 4.51. The van der Waals surface area contributed by atoms with Crippen molar-refractivity contribution in [3.05, 3.63) is 47.9 Å². The molecule has 6 heteroatoms. The van der Waals surface area contributed by atoms with E-state index in [1.165, 1.54) is 12.5 Å². The Balaban J connectivity index is 1.73. The minimum Gasteiger partial charge on any atom is -0.508 e. The van der Waals surface area contributed by atoms with Gasteiger partial charge in [0.05, 0.1) is 0 Å². The average Bonchev–Trinajstić information content (AvgIpc) is 2.55. The monoisotopic (exact) mass is 299 g/mol. The highest BCUT2D eigenvalue weighted by Crippen LogP contribution is 2.31. The van der Waals surface area contributed by atoms with Gasteiger partial charge in [0.2, 0.25) is 0 Å².